The number of hydrogen-bond acceptors (Lipinski definition) is 2. The Balaban J connectivity index is 1.98. The quantitative estimate of drug-likeness (QED) is 0.705. The fraction of sp³-hybridized carbons (Fsp3) is 0.176. The zero-order valence-corrected chi connectivity index (χ0v) is 12.0. The second kappa shape index (κ2) is 4.93. The Morgan fingerprint density at radius 2 is 1.80 bits per heavy atom. The molecule has 0 aliphatic heterocycles. The van der Waals surface area contributed by atoms with E-state index in [0.29, 0.717) is 0 Å². The Morgan fingerprint density at radius 1 is 1.00 bits per heavy atom. The van der Waals surface area contributed by atoms with Gasteiger partial charge in [0.25, 0.3) is 0 Å². The highest BCUT2D eigenvalue weighted by Gasteiger charge is 2.05. The van der Waals surface area contributed by atoms with Crippen LogP contribution in [0.1, 0.15) is 22.6 Å². The number of para-hydroxylation sites is 1. The molecule has 100 valence electrons. The summed E-state index contributed by atoms with van der Waals surface area (Å²) in [7, 11) is 1.97. The van der Waals surface area contributed by atoms with Gasteiger partial charge in [-0.3, -0.25) is 4.68 Å². The van der Waals surface area contributed by atoms with Crippen LogP contribution in [0.4, 0.5) is 0 Å². The number of benzene rings is 1. The summed E-state index contributed by atoms with van der Waals surface area (Å²) in [6, 6.07) is 12.3. The van der Waals surface area contributed by atoms with Gasteiger partial charge in [0.2, 0.25) is 0 Å². The van der Waals surface area contributed by atoms with Crippen LogP contribution in [-0.2, 0) is 7.05 Å². The van der Waals surface area contributed by atoms with Crippen molar-refractivity contribution in [1.82, 2.24) is 14.8 Å². The van der Waals surface area contributed by atoms with Gasteiger partial charge in [-0.05, 0) is 38.1 Å². The highest BCUT2D eigenvalue weighted by molar-refractivity contribution is 5.81. The molecule has 0 aliphatic rings. The van der Waals surface area contributed by atoms with Crippen LogP contribution in [0, 0.1) is 13.8 Å². The van der Waals surface area contributed by atoms with E-state index >= 15 is 0 Å². The van der Waals surface area contributed by atoms with Gasteiger partial charge in [0.1, 0.15) is 0 Å². The maximum absolute atomic E-state index is 4.64. The van der Waals surface area contributed by atoms with Crippen molar-refractivity contribution >= 4 is 23.1 Å². The molecule has 3 rings (SSSR count). The third-order valence-electron chi connectivity index (χ3n) is 3.61. The van der Waals surface area contributed by atoms with E-state index in [1.807, 2.05) is 49.0 Å². The van der Waals surface area contributed by atoms with E-state index in [0.717, 1.165) is 16.9 Å². The van der Waals surface area contributed by atoms with Crippen molar-refractivity contribution < 1.29 is 0 Å². The molecule has 0 saturated heterocycles. The SMILES string of the molecule is Cc1nn(C)c(C)c1C=Cc1ccc2ccccc2n1. The molecule has 0 saturated carbocycles. The van der Waals surface area contributed by atoms with E-state index in [1.165, 1.54) is 16.6 Å². The van der Waals surface area contributed by atoms with Gasteiger partial charge in [0, 0.05) is 23.7 Å². The molecule has 0 spiro atoms. The molecule has 2 heterocycles. The van der Waals surface area contributed by atoms with E-state index in [1.54, 1.807) is 0 Å². The second-order valence-corrected chi connectivity index (χ2v) is 4.97. The smallest absolute Gasteiger partial charge is 0.0709 e. The first-order chi connectivity index (χ1) is 9.65. The minimum absolute atomic E-state index is 0.964. The average Bonchev–Trinajstić information content (AvgIpc) is 2.70. The van der Waals surface area contributed by atoms with E-state index in [9.17, 15) is 0 Å². The van der Waals surface area contributed by atoms with Crippen LogP contribution >= 0.6 is 0 Å². The fourth-order valence-electron chi connectivity index (χ4n) is 2.37. The molecular formula is C17H17N3. The van der Waals surface area contributed by atoms with Crippen molar-refractivity contribution in [3.8, 4) is 0 Å². The molecule has 0 fully saturated rings. The van der Waals surface area contributed by atoms with Gasteiger partial charge >= 0.3 is 0 Å². The van der Waals surface area contributed by atoms with E-state index in [-0.39, 0.29) is 0 Å². The molecule has 0 aliphatic carbocycles. The fourth-order valence-corrected chi connectivity index (χ4v) is 2.37. The lowest BCUT2D eigenvalue weighted by molar-refractivity contribution is 0.731. The van der Waals surface area contributed by atoms with Crippen LogP contribution < -0.4 is 0 Å². The summed E-state index contributed by atoms with van der Waals surface area (Å²) < 4.78 is 1.91. The van der Waals surface area contributed by atoms with Crippen LogP contribution in [0.5, 0.6) is 0 Å². The molecule has 0 unspecified atom stereocenters. The van der Waals surface area contributed by atoms with Crippen LogP contribution in [0.3, 0.4) is 0 Å². The summed E-state index contributed by atoms with van der Waals surface area (Å²) in [4.78, 5) is 4.64. The maximum atomic E-state index is 4.64. The monoisotopic (exact) mass is 263 g/mol. The normalized spacial score (nSPS) is 11.6. The number of aromatic nitrogens is 3. The molecule has 3 nitrogen and oxygen atoms in total. The zero-order chi connectivity index (χ0) is 14.1. The number of fused-ring (bicyclic) bond motifs is 1. The van der Waals surface area contributed by atoms with Gasteiger partial charge in [-0.1, -0.05) is 24.3 Å². The van der Waals surface area contributed by atoms with Crippen LogP contribution in [-0.4, -0.2) is 14.8 Å². The number of pyridine rings is 1. The number of rotatable bonds is 2. The Morgan fingerprint density at radius 3 is 2.55 bits per heavy atom. The molecule has 0 N–H and O–H groups in total. The minimum Gasteiger partial charge on any atom is -0.272 e. The molecular weight excluding hydrogens is 246 g/mol. The molecule has 0 bridgehead atoms. The second-order valence-electron chi connectivity index (χ2n) is 4.97. The molecule has 0 atom stereocenters. The van der Waals surface area contributed by atoms with E-state index in [4.69, 9.17) is 0 Å². The Kier molecular flexibility index (Phi) is 3.11. The van der Waals surface area contributed by atoms with Crippen molar-refractivity contribution in [2.75, 3.05) is 0 Å². The predicted molar refractivity (Wildman–Crippen MR) is 83.4 cm³/mol. The largest absolute Gasteiger partial charge is 0.272 e. The zero-order valence-electron chi connectivity index (χ0n) is 12.0. The molecule has 1 aromatic carbocycles. The van der Waals surface area contributed by atoms with Crippen LogP contribution in [0.25, 0.3) is 23.1 Å². The summed E-state index contributed by atoms with van der Waals surface area (Å²) >= 11 is 0. The lowest BCUT2D eigenvalue weighted by atomic mass is 10.1. The lowest BCUT2D eigenvalue weighted by Crippen LogP contribution is -1.92. The Hall–Kier alpha value is -2.42. The topological polar surface area (TPSA) is 30.7 Å². The molecule has 20 heavy (non-hydrogen) atoms. The van der Waals surface area contributed by atoms with Crippen molar-refractivity contribution in [1.29, 1.82) is 0 Å². The van der Waals surface area contributed by atoms with Gasteiger partial charge in [0.05, 0.1) is 16.9 Å². The van der Waals surface area contributed by atoms with Crippen molar-refractivity contribution in [3.63, 3.8) is 0 Å². The third kappa shape index (κ3) is 2.23. The van der Waals surface area contributed by atoms with Crippen molar-refractivity contribution in [2.45, 2.75) is 13.8 Å². The summed E-state index contributed by atoms with van der Waals surface area (Å²) in [5.74, 6) is 0. The predicted octanol–water partition coefficient (Wildman–Crippen LogP) is 3.76. The highest BCUT2D eigenvalue weighted by Crippen LogP contribution is 2.17. The van der Waals surface area contributed by atoms with Gasteiger partial charge in [-0.2, -0.15) is 5.10 Å². The summed E-state index contributed by atoms with van der Waals surface area (Å²) in [5, 5.41) is 5.58. The highest BCUT2D eigenvalue weighted by atomic mass is 15.3. The van der Waals surface area contributed by atoms with E-state index < -0.39 is 0 Å². The first-order valence-electron chi connectivity index (χ1n) is 6.69. The number of aryl methyl sites for hydroxylation is 2. The molecule has 3 heteroatoms. The first kappa shape index (κ1) is 12.6. The van der Waals surface area contributed by atoms with E-state index in [2.05, 4.69) is 35.2 Å². The van der Waals surface area contributed by atoms with Gasteiger partial charge < -0.3 is 0 Å². The van der Waals surface area contributed by atoms with Crippen molar-refractivity contribution in [2.24, 2.45) is 7.05 Å². The van der Waals surface area contributed by atoms with Crippen molar-refractivity contribution in [3.05, 3.63) is 59.0 Å². The lowest BCUT2D eigenvalue weighted by Gasteiger charge is -1.99. The first-order valence-corrected chi connectivity index (χ1v) is 6.69. The van der Waals surface area contributed by atoms with Gasteiger partial charge in [-0.15, -0.1) is 0 Å². The molecule has 2 aromatic heterocycles. The van der Waals surface area contributed by atoms with Crippen LogP contribution in [0.15, 0.2) is 36.4 Å². The standard InChI is InChI=1S/C17H17N3/c1-12-16(13(2)20(3)19-12)11-10-15-9-8-14-6-4-5-7-17(14)18-15/h4-11H,1-3H3. The Labute approximate surface area is 118 Å². The van der Waals surface area contributed by atoms with Gasteiger partial charge in [-0.25, -0.2) is 4.98 Å². The molecule has 3 aromatic rings. The molecule has 0 amide bonds. The molecule has 0 radical (unpaired) electrons. The summed E-state index contributed by atoms with van der Waals surface area (Å²) in [6.45, 7) is 4.11. The number of nitrogens with zero attached hydrogens (tertiary/aromatic N) is 3. The number of hydrogen-bond donors (Lipinski definition) is 0. The Bertz CT molecular complexity index is 797. The van der Waals surface area contributed by atoms with Gasteiger partial charge in [0.15, 0.2) is 0 Å². The van der Waals surface area contributed by atoms with Crippen LogP contribution in [0.2, 0.25) is 0 Å². The maximum Gasteiger partial charge on any atom is 0.0709 e. The summed E-state index contributed by atoms with van der Waals surface area (Å²) in [5.41, 5.74) is 5.37. The third-order valence-corrected chi connectivity index (χ3v) is 3.61. The summed E-state index contributed by atoms with van der Waals surface area (Å²) in [6.07, 6.45) is 4.14. The average molecular weight is 263 g/mol. The minimum atomic E-state index is 0.964.